The van der Waals surface area contributed by atoms with E-state index >= 15 is 0 Å². The number of hydrogen-bond acceptors (Lipinski definition) is 7. The molecule has 0 amide bonds. The van der Waals surface area contributed by atoms with E-state index in [1.165, 1.54) is 29.8 Å². The van der Waals surface area contributed by atoms with Crippen LogP contribution in [0.25, 0.3) is 0 Å². The average Bonchev–Trinajstić information content (AvgIpc) is 3.00. The topological polar surface area (TPSA) is 86.0 Å². The molecule has 0 radical (unpaired) electrons. The SMILES string of the molecule is COCc1nc(NCc2nc3c(s2)CCCC3)cc(C2CC(N)C2)n1. The zero-order chi connectivity index (χ0) is 17.2. The van der Waals surface area contributed by atoms with E-state index in [1.54, 1.807) is 7.11 Å². The van der Waals surface area contributed by atoms with E-state index in [0.29, 0.717) is 25.1 Å². The normalized spacial score (nSPS) is 22.3. The summed E-state index contributed by atoms with van der Waals surface area (Å²) in [6.07, 6.45) is 6.88. The fourth-order valence-electron chi connectivity index (χ4n) is 3.56. The van der Waals surface area contributed by atoms with Crippen molar-refractivity contribution >= 4 is 17.2 Å². The van der Waals surface area contributed by atoms with Crippen LogP contribution in [0.3, 0.4) is 0 Å². The van der Waals surface area contributed by atoms with Gasteiger partial charge in [-0.3, -0.25) is 0 Å². The second-order valence-corrected chi connectivity index (χ2v) is 8.16. The number of aromatic nitrogens is 3. The van der Waals surface area contributed by atoms with E-state index in [2.05, 4.69) is 21.4 Å². The number of aryl methyl sites for hydroxylation is 2. The predicted octanol–water partition coefficient (Wildman–Crippen LogP) is 2.78. The van der Waals surface area contributed by atoms with Crippen molar-refractivity contribution in [3.63, 3.8) is 0 Å². The van der Waals surface area contributed by atoms with E-state index in [4.69, 9.17) is 15.5 Å². The van der Waals surface area contributed by atoms with Crippen LogP contribution in [-0.2, 0) is 30.7 Å². The third-order valence-electron chi connectivity index (χ3n) is 4.97. The Hall–Kier alpha value is -1.57. The number of thiazole rings is 1. The lowest BCUT2D eigenvalue weighted by Crippen LogP contribution is -2.35. The molecule has 2 aliphatic carbocycles. The molecule has 4 rings (SSSR count). The van der Waals surface area contributed by atoms with Gasteiger partial charge in [0.25, 0.3) is 0 Å². The largest absolute Gasteiger partial charge is 0.377 e. The highest BCUT2D eigenvalue weighted by Gasteiger charge is 2.29. The summed E-state index contributed by atoms with van der Waals surface area (Å²) in [7, 11) is 1.67. The van der Waals surface area contributed by atoms with Crippen molar-refractivity contribution in [1.29, 1.82) is 0 Å². The van der Waals surface area contributed by atoms with E-state index in [0.717, 1.165) is 41.6 Å². The number of nitrogens with two attached hydrogens (primary N) is 1. The molecular formula is C18H25N5OS. The minimum atomic E-state index is 0.309. The summed E-state index contributed by atoms with van der Waals surface area (Å²) in [5.74, 6) is 2.02. The first kappa shape index (κ1) is 16.9. The van der Waals surface area contributed by atoms with Gasteiger partial charge in [-0.2, -0.15) is 0 Å². The lowest BCUT2D eigenvalue weighted by Gasteiger charge is -2.32. The lowest BCUT2D eigenvalue weighted by molar-refractivity contribution is 0.177. The Morgan fingerprint density at radius 1 is 1.24 bits per heavy atom. The molecule has 134 valence electrons. The van der Waals surface area contributed by atoms with Gasteiger partial charge in [-0.15, -0.1) is 11.3 Å². The number of hydrogen-bond donors (Lipinski definition) is 2. The minimum Gasteiger partial charge on any atom is -0.377 e. The zero-order valence-electron chi connectivity index (χ0n) is 14.6. The number of rotatable bonds is 6. The standard InChI is InChI=1S/C18H25N5OS/c1-24-10-17-21-14(11-6-12(19)7-11)8-16(23-17)20-9-18-22-13-4-2-3-5-15(13)25-18/h8,11-12H,2-7,9-10,19H2,1H3,(H,20,21,23). The molecule has 0 atom stereocenters. The summed E-state index contributed by atoms with van der Waals surface area (Å²) in [5.41, 5.74) is 8.31. The molecule has 7 heteroatoms. The summed E-state index contributed by atoms with van der Waals surface area (Å²) in [6, 6.07) is 2.37. The van der Waals surface area contributed by atoms with Gasteiger partial charge in [-0.05, 0) is 38.5 Å². The first-order valence-corrected chi connectivity index (χ1v) is 9.86. The highest BCUT2D eigenvalue weighted by atomic mass is 32.1. The van der Waals surface area contributed by atoms with E-state index in [1.807, 2.05) is 11.3 Å². The molecule has 1 fully saturated rings. The molecule has 0 unspecified atom stereocenters. The highest BCUT2D eigenvalue weighted by molar-refractivity contribution is 7.11. The van der Waals surface area contributed by atoms with Crippen LogP contribution in [0.5, 0.6) is 0 Å². The molecule has 0 bridgehead atoms. The first-order valence-electron chi connectivity index (χ1n) is 9.05. The van der Waals surface area contributed by atoms with E-state index < -0.39 is 0 Å². The molecule has 2 aliphatic rings. The van der Waals surface area contributed by atoms with Crippen molar-refractivity contribution in [2.75, 3.05) is 12.4 Å². The van der Waals surface area contributed by atoms with Gasteiger partial charge in [0.15, 0.2) is 5.82 Å². The summed E-state index contributed by atoms with van der Waals surface area (Å²) in [6.45, 7) is 1.14. The maximum atomic E-state index is 5.93. The van der Waals surface area contributed by atoms with E-state index in [9.17, 15) is 0 Å². The number of methoxy groups -OCH3 is 1. The van der Waals surface area contributed by atoms with E-state index in [-0.39, 0.29) is 0 Å². The fourth-order valence-corrected chi connectivity index (χ4v) is 4.66. The van der Waals surface area contributed by atoms with Crippen LogP contribution in [0.1, 0.15) is 58.7 Å². The first-order chi connectivity index (χ1) is 12.2. The monoisotopic (exact) mass is 359 g/mol. The van der Waals surface area contributed by atoms with Crippen molar-refractivity contribution in [2.45, 2.75) is 63.6 Å². The van der Waals surface area contributed by atoms with Crippen LogP contribution in [-0.4, -0.2) is 28.1 Å². The molecule has 1 saturated carbocycles. The molecule has 0 aromatic carbocycles. The Balaban J connectivity index is 1.47. The van der Waals surface area contributed by atoms with Crippen LogP contribution in [0.15, 0.2) is 6.07 Å². The molecule has 2 aromatic heterocycles. The van der Waals surface area contributed by atoms with Crippen molar-refractivity contribution < 1.29 is 4.74 Å². The average molecular weight is 359 g/mol. The summed E-state index contributed by atoms with van der Waals surface area (Å²) >= 11 is 1.84. The third-order valence-corrected chi connectivity index (χ3v) is 6.13. The second-order valence-electron chi connectivity index (χ2n) is 6.99. The van der Waals surface area contributed by atoms with Crippen LogP contribution in [0.4, 0.5) is 5.82 Å². The zero-order valence-corrected chi connectivity index (χ0v) is 15.4. The Kier molecular flexibility index (Phi) is 4.96. The smallest absolute Gasteiger partial charge is 0.156 e. The molecule has 0 spiro atoms. The second kappa shape index (κ2) is 7.35. The summed E-state index contributed by atoms with van der Waals surface area (Å²) < 4.78 is 5.22. The molecule has 2 heterocycles. The maximum absolute atomic E-state index is 5.93. The molecule has 25 heavy (non-hydrogen) atoms. The molecule has 0 aliphatic heterocycles. The van der Waals surface area contributed by atoms with Gasteiger partial charge >= 0.3 is 0 Å². The Bertz CT molecular complexity index is 718. The Labute approximate surface area is 152 Å². The van der Waals surface area contributed by atoms with Crippen molar-refractivity contribution in [3.8, 4) is 0 Å². The van der Waals surface area contributed by atoms with Crippen molar-refractivity contribution in [3.05, 3.63) is 33.2 Å². The number of anilines is 1. The fraction of sp³-hybridized carbons (Fsp3) is 0.611. The number of ether oxygens (including phenoxy) is 1. The molecule has 6 nitrogen and oxygen atoms in total. The van der Waals surface area contributed by atoms with Gasteiger partial charge in [0.1, 0.15) is 17.4 Å². The van der Waals surface area contributed by atoms with Crippen LogP contribution >= 0.6 is 11.3 Å². The highest BCUT2D eigenvalue weighted by Crippen LogP contribution is 2.35. The van der Waals surface area contributed by atoms with Gasteiger partial charge in [-0.25, -0.2) is 15.0 Å². The summed E-state index contributed by atoms with van der Waals surface area (Å²) in [5, 5.41) is 4.58. The third kappa shape index (κ3) is 3.83. The molecular weight excluding hydrogens is 334 g/mol. The van der Waals surface area contributed by atoms with Gasteiger partial charge < -0.3 is 15.8 Å². The maximum Gasteiger partial charge on any atom is 0.156 e. The molecule has 2 aromatic rings. The number of nitrogens with one attached hydrogen (secondary N) is 1. The van der Waals surface area contributed by atoms with Crippen LogP contribution in [0, 0.1) is 0 Å². The Morgan fingerprint density at radius 2 is 2.08 bits per heavy atom. The molecule has 0 saturated heterocycles. The number of fused-ring (bicyclic) bond motifs is 1. The quantitative estimate of drug-likeness (QED) is 0.825. The predicted molar refractivity (Wildman–Crippen MR) is 98.8 cm³/mol. The molecule has 3 N–H and O–H groups in total. The van der Waals surface area contributed by atoms with Crippen molar-refractivity contribution in [1.82, 2.24) is 15.0 Å². The summed E-state index contributed by atoms with van der Waals surface area (Å²) in [4.78, 5) is 15.5. The van der Waals surface area contributed by atoms with Crippen LogP contribution in [0.2, 0.25) is 0 Å². The lowest BCUT2D eigenvalue weighted by atomic mass is 9.78. The van der Waals surface area contributed by atoms with Gasteiger partial charge in [0, 0.05) is 35.7 Å². The minimum absolute atomic E-state index is 0.309. The van der Waals surface area contributed by atoms with Gasteiger partial charge in [0.2, 0.25) is 0 Å². The van der Waals surface area contributed by atoms with Crippen molar-refractivity contribution in [2.24, 2.45) is 5.73 Å². The Morgan fingerprint density at radius 3 is 2.84 bits per heavy atom. The number of nitrogens with zero attached hydrogens (tertiary/aromatic N) is 3. The van der Waals surface area contributed by atoms with Gasteiger partial charge in [0.05, 0.1) is 12.2 Å². The van der Waals surface area contributed by atoms with Crippen LogP contribution < -0.4 is 11.1 Å². The van der Waals surface area contributed by atoms with Gasteiger partial charge in [-0.1, -0.05) is 0 Å².